The summed E-state index contributed by atoms with van der Waals surface area (Å²) in [6.45, 7) is 1.30. The highest BCUT2D eigenvalue weighted by Gasteiger charge is 2.13. The zero-order valence-electron chi connectivity index (χ0n) is 26.9. The molecule has 0 spiro atoms. The Morgan fingerprint density at radius 1 is 0.625 bits per heavy atom. The molecule has 0 bridgehead atoms. The molecule has 0 saturated heterocycles. The van der Waals surface area contributed by atoms with Crippen molar-refractivity contribution in [2.24, 2.45) is 0 Å². The second-order valence-corrected chi connectivity index (χ2v) is 11.9. The molecule has 0 amide bonds. The van der Waals surface area contributed by atoms with Gasteiger partial charge in [-0.25, -0.2) is 9.59 Å². The highest BCUT2D eigenvalue weighted by atomic mass is 16.5. The molecule has 0 radical (unpaired) electrons. The number of aryl methyl sites for hydroxylation is 3. The van der Waals surface area contributed by atoms with Gasteiger partial charge in [-0.15, -0.1) is 0 Å². The van der Waals surface area contributed by atoms with Crippen molar-refractivity contribution in [2.45, 2.75) is 38.5 Å². The monoisotopic (exact) mass is 646 g/mol. The Bertz CT molecular complexity index is 2140. The van der Waals surface area contributed by atoms with Crippen molar-refractivity contribution in [3.05, 3.63) is 129 Å². The lowest BCUT2D eigenvalue weighted by Gasteiger charge is -2.12. The molecule has 8 nitrogen and oxygen atoms in total. The first kappa shape index (κ1) is 32.7. The first-order valence-corrected chi connectivity index (χ1v) is 16.2. The lowest BCUT2D eigenvalue weighted by Crippen LogP contribution is -2.05. The van der Waals surface area contributed by atoms with Crippen LogP contribution in [0.3, 0.4) is 0 Å². The predicted molar refractivity (Wildman–Crippen MR) is 187 cm³/mol. The smallest absolute Gasteiger partial charge is 0.344 e. The Hall–Kier alpha value is -5.18. The van der Waals surface area contributed by atoms with Gasteiger partial charge in [0, 0.05) is 30.6 Å². The minimum absolute atomic E-state index is 0.119. The maximum Gasteiger partial charge on any atom is 0.344 e. The SMILES string of the molecule is COc1ccc(-c2cc3ccc(CCCO)cc3oc2=O)cc1CCCOCCCc1ccc2cc(-c3ccc(O)cc3)c(=O)oc2c1. The average molecular weight is 647 g/mol. The van der Waals surface area contributed by atoms with Crippen LogP contribution in [0.5, 0.6) is 11.5 Å². The number of aromatic hydroxyl groups is 1. The van der Waals surface area contributed by atoms with Crippen molar-refractivity contribution in [1.82, 2.24) is 0 Å². The van der Waals surface area contributed by atoms with Crippen molar-refractivity contribution in [2.75, 3.05) is 26.9 Å². The Morgan fingerprint density at radius 2 is 1.19 bits per heavy atom. The van der Waals surface area contributed by atoms with Crippen LogP contribution in [0.2, 0.25) is 0 Å². The van der Waals surface area contributed by atoms with Gasteiger partial charge in [0.1, 0.15) is 22.7 Å². The lowest BCUT2D eigenvalue weighted by molar-refractivity contribution is 0.129. The van der Waals surface area contributed by atoms with Crippen LogP contribution in [0.1, 0.15) is 36.0 Å². The molecular formula is C40H38O8. The van der Waals surface area contributed by atoms with Gasteiger partial charge in [0.15, 0.2) is 0 Å². The Labute approximate surface area is 277 Å². The maximum absolute atomic E-state index is 13.0. The number of aliphatic hydroxyl groups excluding tert-OH is 1. The minimum atomic E-state index is -0.416. The summed E-state index contributed by atoms with van der Waals surface area (Å²) < 4.78 is 22.9. The summed E-state index contributed by atoms with van der Waals surface area (Å²) in [7, 11) is 1.64. The Kier molecular flexibility index (Phi) is 10.3. The number of hydrogen-bond acceptors (Lipinski definition) is 8. The highest BCUT2D eigenvalue weighted by molar-refractivity contribution is 5.83. The molecule has 0 saturated carbocycles. The third kappa shape index (κ3) is 7.68. The normalized spacial score (nSPS) is 11.4. The molecule has 48 heavy (non-hydrogen) atoms. The topological polar surface area (TPSA) is 119 Å². The van der Waals surface area contributed by atoms with Gasteiger partial charge in [0.2, 0.25) is 0 Å². The fraction of sp³-hybridized carbons (Fsp3) is 0.250. The van der Waals surface area contributed by atoms with Crippen molar-refractivity contribution in [3.8, 4) is 33.8 Å². The quantitative estimate of drug-likeness (QED) is 0.0925. The second-order valence-electron chi connectivity index (χ2n) is 11.9. The van der Waals surface area contributed by atoms with Gasteiger partial charge in [-0.3, -0.25) is 0 Å². The lowest BCUT2D eigenvalue weighted by atomic mass is 10.00. The Balaban J connectivity index is 1.02. The number of rotatable bonds is 14. The zero-order valence-corrected chi connectivity index (χ0v) is 26.9. The van der Waals surface area contributed by atoms with Crippen LogP contribution in [0.4, 0.5) is 0 Å². The number of hydrogen-bond donors (Lipinski definition) is 2. The van der Waals surface area contributed by atoms with E-state index in [-0.39, 0.29) is 12.4 Å². The fourth-order valence-electron chi connectivity index (χ4n) is 5.94. The van der Waals surface area contributed by atoms with Crippen LogP contribution >= 0.6 is 0 Å². The van der Waals surface area contributed by atoms with Crippen molar-refractivity contribution >= 4 is 21.9 Å². The molecule has 2 N–H and O–H groups in total. The van der Waals surface area contributed by atoms with E-state index in [4.69, 9.17) is 23.4 Å². The van der Waals surface area contributed by atoms with E-state index in [0.717, 1.165) is 70.9 Å². The van der Waals surface area contributed by atoms with E-state index in [1.54, 1.807) is 31.4 Å². The van der Waals surface area contributed by atoms with Crippen molar-refractivity contribution < 1.29 is 28.5 Å². The molecule has 4 aromatic carbocycles. The van der Waals surface area contributed by atoms with Gasteiger partial charge in [-0.05, 0) is 115 Å². The molecule has 8 heteroatoms. The number of aliphatic hydroxyl groups is 1. The number of ether oxygens (including phenoxy) is 2. The maximum atomic E-state index is 13.0. The fourth-order valence-corrected chi connectivity index (χ4v) is 5.94. The molecule has 0 aliphatic carbocycles. The molecule has 0 aliphatic rings. The van der Waals surface area contributed by atoms with Crippen LogP contribution in [0.25, 0.3) is 44.2 Å². The molecule has 0 atom stereocenters. The molecule has 0 aliphatic heterocycles. The number of phenolic OH excluding ortho intramolecular Hbond substituents is 1. The summed E-state index contributed by atoms with van der Waals surface area (Å²) in [6.07, 6.45) is 4.49. The number of methoxy groups -OCH3 is 1. The Morgan fingerprint density at radius 3 is 1.79 bits per heavy atom. The largest absolute Gasteiger partial charge is 0.508 e. The average Bonchev–Trinajstić information content (AvgIpc) is 3.10. The van der Waals surface area contributed by atoms with Crippen LogP contribution in [0, 0.1) is 0 Å². The van der Waals surface area contributed by atoms with E-state index in [1.165, 1.54) is 0 Å². The third-order valence-electron chi connectivity index (χ3n) is 8.48. The molecule has 6 rings (SSSR count). The molecule has 6 aromatic rings. The molecule has 2 heterocycles. The summed E-state index contributed by atoms with van der Waals surface area (Å²) in [5.41, 5.74) is 5.76. The van der Waals surface area contributed by atoms with Gasteiger partial charge in [0.25, 0.3) is 0 Å². The first-order valence-electron chi connectivity index (χ1n) is 16.2. The first-order chi connectivity index (χ1) is 23.4. The van der Waals surface area contributed by atoms with Gasteiger partial charge in [-0.1, -0.05) is 42.5 Å². The molecule has 0 fully saturated rings. The standard InChI is InChI=1S/C40H38O8/c1-45-36-17-14-29(35-25-32-10-8-26(5-2-18-41)21-37(32)48-40(35)44)23-30(36)7-4-20-46-19-3-6-27-9-11-31-24-34(39(43)47-38(31)22-27)28-12-15-33(42)16-13-28/h8-17,21-25,41-42H,2-7,18-20H2,1H3. The third-order valence-corrected chi connectivity index (χ3v) is 8.48. The van der Waals surface area contributed by atoms with Crippen LogP contribution in [-0.2, 0) is 24.0 Å². The van der Waals surface area contributed by atoms with Gasteiger partial charge in [0.05, 0.1) is 18.2 Å². The van der Waals surface area contributed by atoms with E-state index < -0.39 is 11.3 Å². The van der Waals surface area contributed by atoms with E-state index in [2.05, 4.69) is 0 Å². The molecule has 2 aromatic heterocycles. The number of phenols is 1. The zero-order chi connectivity index (χ0) is 33.5. The van der Waals surface area contributed by atoms with Gasteiger partial charge in [-0.2, -0.15) is 0 Å². The van der Waals surface area contributed by atoms with Crippen LogP contribution in [-0.4, -0.2) is 37.1 Å². The minimum Gasteiger partial charge on any atom is -0.508 e. The van der Waals surface area contributed by atoms with Crippen molar-refractivity contribution in [1.29, 1.82) is 0 Å². The van der Waals surface area contributed by atoms with Crippen molar-refractivity contribution in [3.63, 3.8) is 0 Å². The molecule has 0 unspecified atom stereocenters. The summed E-state index contributed by atoms with van der Waals surface area (Å²) >= 11 is 0. The molecule has 246 valence electrons. The second kappa shape index (κ2) is 15.2. The van der Waals surface area contributed by atoms with E-state index in [0.29, 0.717) is 47.5 Å². The van der Waals surface area contributed by atoms with E-state index in [1.807, 2.05) is 66.7 Å². The van der Waals surface area contributed by atoms with E-state index >= 15 is 0 Å². The highest BCUT2D eigenvalue weighted by Crippen LogP contribution is 2.29. The summed E-state index contributed by atoms with van der Waals surface area (Å²) in [4.78, 5) is 25.6. The summed E-state index contributed by atoms with van der Waals surface area (Å²) in [5, 5.41) is 20.3. The van der Waals surface area contributed by atoms with Gasteiger partial charge >= 0.3 is 11.3 Å². The van der Waals surface area contributed by atoms with Crippen LogP contribution < -0.4 is 16.0 Å². The number of fused-ring (bicyclic) bond motifs is 2. The summed E-state index contributed by atoms with van der Waals surface area (Å²) in [6, 6.07) is 27.6. The summed E-state index contributed by atoms with van der Waals surface area (Å²) in [5.74, 6) is 0.902. The predicted octanol–water partition coefficient (Wildman–Crippen LogP) is 7.45. The van der Waals surface area contributed by atoms with Gasteiger partial charge < -0.3 is 28.5 Å². The molecular weight excluding hydrogens is 608 g/mol. The van der Waals surface area contributed by atoms with Crippen LogP contribution in [0.15, 0.2) is 109 Å². The number of benzene rings is 4. The van der Waals surface area contributed by atoms with E-state index in [9.17, 15) is 14.7 Å².